The Balaban J connectivity index is 0.00000200. The topological polar surface area (TPSA) is 70.3 Å². The third kappa shape index (κ3) is 3.88. The Morgan fingerprint density at radius 1 is 1.20 bits per heavy atom. The van der Waals surface area contributed by atoms with Gasteiger partial charge in [-0.15, -0.1) is 12.4 Å². The fourth-order valence-electron chi connectivity index (χ4n) is 1.93. The third-order valence-corrected chi connectivity index (χ3v) is 3.07. The highest BCUT2D eigenvalue weighted by atomic mass is 35.5. The number of aryl methyl sites for hydroxylation is 2. The maximum atomic E-state index is 9.67. The second kappa shape index (κ2) is 7.17. The summed E-state index contributed by atoms with van der Waals surface area (Å²) >= 11 is 0. The number of hydrogen-bond acceptors (Lipinski definition) is 4. The van der Waals surface area contributed by atoms with Gasteiger partial charge >= 0.3 is 0 Å². The number of rotatable bonds is 5. The van der Waals surface area contributed by atoms with Gasteiger partial charge in [0.25, 0.3) is 0 Å². The molecule has 0 aliphatic heterocycles. The maximum absolute atomic E-state index is 9.67. The van der Waals surface area contributed by atoms with Gasteiger partial charge in [-0.3, -0.25) is 4.68 Å². The molecule has 0 aliphatic rings. The summed E-state index contributed by atoms with van der Waals surface area (Å²) in [4.78, 5) is 0. The zero-order chi connectivity index (χ0) is 13.8. The molecule has 1 heterocycles. The number of aromatic hydroxyl groups is 2. The van der Waals surface area contributed by atoms with Crippen LogP contribution >= 0.6 is 12.4 Å². The van der Waals surface area contributed by atoms with Gasteiger partial charge in [0.05, 0.1) is 5.69 Å². The van der Waals surface area contributed by atoms with Gasteiger partial charge in [-0.05, 0) is 19.9 Å². The molecule has 0 radical (unpaired) electrons. The standard InChI is InChI=1S/C14H19N3O2.ClH/c1-3-17-9-12(10(2)16-17)8-15-7-11-4-5-13(18)6-14(11)19;/h4-6,9,15,18-19H,3,7-8H2,1-2H3;1H. The molecule has 0 atom stereocenters. The number of nitrogens with one attached hydrogen (secondary N) is 1. The van der Waals surface area contributed by atoms with E-state index in [0.717, 1.165) is 23.4 Å². The van der Waals surface area contributed by atoms with Crippen molar-refractivity contribution in [2.45, 2.75) is 33.5 Å². The Labute approximate surface area is 124 Å². The van der Waals surface area contributed by atoms with Crippen LogP contribution in [-0.4, -0.2) is 20.0 Å². The average Bonchev–Trinajstić information content (AvgIpc) is 2.73. The van der Waals surface area contributed by atoms with Crippen LogP contribution in [0.1, 0.15) is 23.7 Å². The first-order valence-electron chi connectivity index (χ1n) is 6.34. The Morgan fingerprint density at radius 3 is 2.50 bits per heavy atom. The number of halogens is 1. The molecule has 0 saturated heterocycles. The predicted octanol–water partition coefficient (Wildman–Crippen LogP) is 2.33. The molecule has 20 heavy (non-hydrogen) atoms. The summed E-state index contributed by atoms with van der Waals surface area (Å²) in [5.74, 6) is 0.176. The molecule has 5 nitrogen and oxygen atoms in total. The number of nitrogens with zero attached hydrogens (tertiary/aromatic N) is 2. The minimum Gasteiger partial charge on any atom is -0.508 e. The number of aromatic nitrogens is 2. The van der Waals surface area contributed by atoms with E-state index in [9.17, 15) is 10.2 Å². The molecule has 0 amide bonds. The van der Waals surface area contributed by atoms with Gasteiger partial charge in [0.1, 0.15) is 11.5 Å². The van der Waals surface area contributed by atoms with Crippen LogP contribution in [0.2, 0.25) is 0 Å². The highest BCUT2D eigenvalue weighted by Gasteiger charge is 2.05. The maximum Gasteiger partial charge on any atom is 0.123 e. The van der Waals surface area contributed by atoms with Crippen molar-refractivity contribution in [1.82, 2.24) is 15.1 Å². The van der Waals surface area contributed by atoms with Crippen LogP contribution < -0.4 is 5.32 Å². The number of benzene rings is 1. The van der Waals surface area contributed by atoms with Crippen LogP contribution in [0, 0.1) is 6.92 Å². The first kappa shape index (κ1) is 16.3. The summed E-state index contributed by atoms with van der Waals surface area (Å²) in [6.07, 6.45) is 2.03. The van der Waals surface area contributed by atoms with Crippen molar-refractivity contribution in [2.24, 2.45) is 0 Å². The van der Waals surface area contributed by atoms with Gasteiger partial charge in [-0.2, -0.15) is 5.10 Å². The monoisotopic (exact) mass is 297 g/mol. The first-order chi connectivity index (χ1) is 9.10. The lowest BCUT2D eigenvalue weighted by Crippen LogP contribution is -2.13. The highest BCUT2D eigenvalue weighted by molar-refractivity contribution is 5.85. The van der Waals surface area contributed by atoms with E-state index in [0.29, 0.717) is 13.1 Å². The van der Waals surface area contributed by atoms with Gasteiger partial charge in [-0.25, -0.2) is 0 Å². The van der Waals surface area contributed by atoms with Crippen LogP contribution in [0.15, 0.2) is 24.4 Å². The average molecular weight is 298 g/mol. The van der Waals surface area contributed by atoms with Crippen LogP contribution in [0.3, 0.4) is 0 Å². The van der Waals surface area contributed by atoms with Crippen LogP contribution in [0.5, 0.6) is 11.5 Å². The smallest absolute Gasteiger partial charge is 0.123 e. The number of phenols is 2. The molecule has 0 spiro atoms. The second-order valence-electron chi connectivity index (χ2n) is 4.51. The molecule has 2 aromatic rings. The molecule has 6 heteroatoms. The first-order valence-corrected chi connectivity index (χ1v) is 6.34. The molecule has 3 N–H and O–H groups in total. The van der Waals surface area contributed by atoms with Crippen LogP contribution in [0.4, 0.5) is 0 Å². The normalized spacial score (nSPS) is 10.3. The summed E-state index contributed by atoms with van der Waals surface area (Å²) in [7, 11) is 0. The second-order valence-corrected chi connectivity index (χ2v) is 4.51. The minimum atomic E-state index is 0. The summed E-state index contributed by atoms with van der Waals surface area (Å²) in [5.41, 5.74) is 2.93. The van der Waals surface area contributed by atoms with Gasteiger partial charge in [0.2, 0.25) is 0 Å². The van der Waals surface area contributed by atoms with E-state index in [1.54, 1.807) is 12.1 Å². The van der Waals surface area contributed by atoms with Gasteiger partial charge < -0.3 is 15.5 Å². The van der Waals surface area contributed by atoms with Crippen molar-refractivity contribution < 1.29 is 10.2 Å². The van der Waals surface area contributed by atoms with Crippen LogP contribution in [0.25, 0.3) is 0 Å². The highest BCUT2D eigenvalue weighted by Crippen LogP contribution is 2.22. The lowest BCUT2D eigenvalue weighted by atomic mass is 10.2. The predicted molar refractivity (Wildman–Crippen MR) is 80.2 cm³/mol. The quantitative estimate of drug-likeness (QED) is 0.792. The van der Waals surface area contributed by atoms with Crippen LogP contribution in [-0.2, 0) is 19.6 Å². The van der Waals surface area contributed by atoms with E-state index in [1.807, 2.05) is 17.8 Å². The van der Waals surface area contributed by atoms with Gasteiger partial charge in [0, 0.05) is 43.0 Å². The molecule has 1 aromatic carbocycles. The van der Waals surface area contributed by atoms with Crippen molar-refractivity contribution in [3.63, 3.8) is 0 Å². The molecule has 0 bridgehead atoms. The Morgan fingerprint density at radius 2 is 1.90 bits per heavy atom. The van der Waals surface area contributed by atoms with Crippen molar-refractivity contribution in [3.8, 4) is 11.5 Å². The molecule has 1 aromatic heterocycles. The fourth-order valence-corrected chi connectivity index (χ4v) is 1.93. The minimum absolute atomic E-state index is 0. The van der Waals surface area contributed by atoms with E-state index in [2.05, 4.69) is 17.3 Å². The van der Waals surface area contributed by atoms with Crippen molar-refractivity contribution in [3.05, 3.63) is 41.2 Å². The van der Waals surface area contributed by atoms with Crippen molar-refractivity contribution in [1.29, 1.82) is 0 Å². The van der Waals surface area contributed by atoms with Crippen molar-refractivity contribution >= 4 is 12.4 Å². The lowest BCUT2D eigenvalue weighted by molar-refractivity contribution is 0.443. The SMILES string of the molecule is CCn1cc(CNCc2ccc(O)cc2O)c(C)n1.Cl. The summed E-state index contributed by atoms with van der Waals surface area (Å²) in [6.45, 7) is 6.15. The molecule has 0 fully saturated rings. The fraction of sp³-hybridized carbons (Fsp3) is 0.357. The number of hydrogen-bond donors (Lipinski definition) is 3. The third-order valence-electron chi connectivity index (χ3n) is 3.07. The summed E-state index contributed by atoms with van der Waals surface area (Å²) in [5, 5.41) is 26.5. The Kier molecular flexibility index (Phi) is 5.85. The van der Waals surface area contributed by atoms with E-state index in [4.69, 9.17) is 0 Å². The molecule has 0 aliphatic carbocycles. The zero-order valence-electron chi connectivity index (χ0n) is 11.6. The molecule has 2 rings (SSSR count). The number of phenolic OH excluding ortho intramolecular Hbond substituents is 2. The summed E-state index contributed by atoms with van der Waals surface area (Å²) in [6, 6.07) is 4.62. The lowest BCUT2D eigenvalue weighted by Gasteiger charge is -2.06. The molecular weight excluding hydrogens is 278 g/mol. The molecule has 0 unspecified atom stereocenters. The van der Waals surface area contributed by atoms with E-state index < -0.39 is 0 Å². The van der Waals surface area contributed by atoms with E-state index in [-0.39, 0.29) is 23.9 Å². The summed E-state index contributed by atoms with van der Waals surface area (Å²) < 4.78 is 1.91. The van der Waals surface area contributed by atoms with Gasteiger partial charge in [0.15, 0.2) is 0 Å². The molecular formula is C14H20ClN3O2. The molecule has 0 saturated carbocycles. The molecule has 110 valence electrons. The Bertz CT molecular complexity index is 570. The van der Waals surface area contributed by atoms with Crippen molar-refractivity contribution in [2.75, 3.05) is 0 Å². The zero-order valence-corrected chi connectivity index (χ0v) is 12.4. The Hall–Kier alpha value is -1.72. The largest absolute Gasteiger partial charge is 0.508 e. The van der Waals surface area contributed by atoms with E-state index in [1.165, 1.54) is 6.07 Å². The van der Waals surface area contributed by atoms with Gasteiger partial charge in [-0.1, -0.05) is 6.07 Å². The van der Waals surface area contributed by atoms with E-state index >= 15 is 0 Å².